The highest BCUT2D eigenvalue weighted by Crippen LogP contribution is 2.23. The van der Waals surface area contributed by atoms with Crippen molar-refractivity contribution < 1.29 is 9.90 Å². The minimum absolute atomic E-state index is 0.582. The number of carbonyl (C=O) groups is 1. The fourth-order valence-corrected chi connectivity index (χ4v) is 2.22. The zero-order chi connectivity index (χ0) is 11.5. The summed E-state index contributed by atoms with van der Waals surface area (Å²) in [5, 5.41) is 9.30. The molecule has 0 spiro atoms. The van der Waals surface area contributed by atoms with Crippen LogP contribution in [0.15, 0.2) is 12.5 Å². The maximum atomic E-state index is 11.3. The van der Waals surface area contributed by atoms with E-state index in [1.165, 1.54) is 6.42 Å². The van der Waals surface area contributed by atoms with Gasteiger partial charge < -0.3 is 9.67 Å². The van der Waals surface area contributed by atoms with Crippen LogP contribution in [0.3, 0.4) is 0 Å². The van der Waals surface area contributed by atoms with Gasteiger partial charge in [-0.3, -0.25) is 9.69 Å². The minimum atomic E-state index is -0.805. The third-order valence-electron chi connectivity index (χ3n) is 2.99. The lowest BCUT2D eigenvalue weighted by Crippen LogP contribution is -2.38. The van der Waals surface area contributed by atoms with E-state index in [1.54, 1.807) is 17.1 Å². The first kappa shape index (κ1) is 11.1. The molecule has 0 amide bonds. The SMILES string of the molecule is Cn1cnc(C(C(=O)O)N2CCCCC2)c1. The Bertz CT molecular complexity index is 369. The highest BCUT2D eigenvalue weighted by molar-refractivity contribution is 5.74. The van der Waals surface area contributed by atoms with Crippen molar-refractivity contribution in [2.45, 2.75) is 25.3 Å². The van der Waals surface area contributed by atoms with Crippen LogP contribution in [0.2, 0.25) is 0 Å². The maximum Gasteiger partial charge on any atom is 0.327 e. The number of carboxylic acid groups (broad SMARTS) is 1. The second kappa shape index (κ2) is 4.65. The van der Waals surface area contributed by atoms with E-state index >= 15 is 0 Å². The molecule has 5 nitrogen and oxygen atoms in total. The van der Waals surface area contributed by atoms with Crippen LogP contribution in [0.1, 0.15) is 31.0 Å². The molecule has 88 valence electrons. The zero-order valence-electron chi connectivity index (χ0n) is 9.46. The van der Waals surface area contributed by atoms with E-state index in [4.69, 9.17) is 0 Å². The second-order valence-corrected chi connectivity index (χ2v) is 4.30. The molecular weight excluding hydrogens is 206 g/mol. The summed E-state index contributed by atoms with van der Waals surface area (Å²) in [6.07, 6.45) is 6.79. The first-order chi connectivity index (χ1) is 7.68. The third-order valence-corrected chi connectivity index (χ3v) is 2.99. The van der Waals surface area contributed by atoms with Crippen LogP contribution >= 0.6 is 0 Å². The van der Waals surface area contributed by atoms with Gasteiger partial charge in [0.05, 0.1) is 12.0 Å². The Hall–Kier alpha value is -1.36. The molecule has 1 saturated heterocycles. The molecule has 1 aromatic rings. The van der Waals surface area contributed by atoms with Crippen molar-refractivity contribution >= 4 is 5.97 Å². The topological polar surface area (TPSA) is 58.4 Å². The molecular formula is C11H17N3O2. The normalized spacial score (nSPS) is 19.6. The van der Waals surface area contributed by atoms with Gasteiger partial charge in [0.25, 0.3) is 0 Å². The third kappa shape index (κ3) is 2.24. The quantitative estimate of drug-likeness (QED) is 0.831. The highest BCUT2D eigenvalue weighted by atomic mass is 16.4. The molecule has 5 heteroatoms. The average Bonchev–Trinajstić information content (AvgIpc) is 2.66. The van der Waals surface area contributed by atoms with E-state index < -0.39 is 12.0 Å². The van der Waals surface area contributed by atoms with Gasteiger partial charge in [-0.15, -0.1) is 0 Å². The van der Waals surface area contributed by atoms with Gasteiger partial charge in [-0.2, -0.15) is 0 Å². The number of aromatic nitrogens is 2. The molecule has 1 aliphatic heterocycles. The van der Waals surface area contributed by atoms with Gasteiger partial charge in [0.1, 0.15) is 0 Å². The van der Waals surface area contributed by atoms with Gasteiger partial charge in [0.2, 0.25) is 0 Å². The summed E-state index contributed by atoms with van der Waals surface area (Å²) < 4.78 is 1.79. The maximum absolute atomic E-state index is 11.3. The summed E-state index contributed by atoms with van der Waals surface area (Å²) in [5.41, 5.74) is 0.636. The van der Waals surface area contributed by atoms with E-state index in [0.717, 1.165) is 25.9 Å². The number of hydrogen-bond donors (Lipinski definition) is 1. The van der Waals surface area contributed by atoms with Crippen molar-refractivity contribution in [3.8, 4) is 0 Å². The number of hydrogen-bond acceptors (Lipinski definition) is 3. The smallest absolute Gasteiger partial charge is 0.327 e. The zero-order valence-corrected chi connectivity index (χ0v) is 9.46. The number of nitrogens with zero attached hydrogens (tertiary/aromatic N) is 3. The lowest BCUT2D eigenvalue weighted by molar-refractivity contribution is -0.144. The summed E-state index contributed by atoms with van der Waals surface area (Å²) in [4.78, 5) is 17.5. The van der Waals surface area contributed by atoms with Gasteiger partial charge in [-0.25, -0.2) is 4.98 Å². The van der Waals surface area contributed by atoms with E-state index in [2.05, 4.69) is 4.98 Å². The minimum Gasteiger partial charge on any atom is -0.480 e. The Morgan fingerprint density at radius 3 is 2.62 bits per heavy atom. The van der Waals surface area contributed by atoms with Crippen LogP contribution in [0.5, 0.6) is 0 Å². The summed E-state index contributed by atoms with van der Waals surface area (Å²) in [6.45, 7) is 1.71. The Morgan fingerprint density at radius 2 is 2.12 bits per heavy atom. The van der Waals surface area contributed by atoms with Gasteiger partial charge >= 0.3 is 5.97 Å². The molecule has 2 rings (SSSR count). The number of likely N-dealkylation sites (tertiary alicyclic amines) is 1. The molecule has 1 unspecified atom stereocenters. The molecule has 0 radical (unpaired) electrons. The van der Waals surface area contributed by atoms with Gasteiger partial charge in [-0.05, 0) is 25.9 Å². The average molecular weight is 223 g/mol. The second-order valence-electron chi connectivity index (χ2n) is 4.30. The summed E-state index contributed by atoms with van der Waals surface area (Å²) in [7, 11) is 1.85. The Labute approximate surface area is 94.7 Å². The van der Waals surface area contributed by atoms with E-state index in [-0.39, 0.29) is 0 Å². The monoisotopic (exact) mass is 223 g/mol. The molecule has 1 aliphatic rings. The van der Waals surface area contributed by atoms with Gasteiger partial charge in [0.15, 0.2) is 6.04 Å². The van der Waals surface area contributed by atoms with Crippen molar-refractivity contribution in [1.82, 2.24) is 14.5 Å². The van der Waals surface area contributed by atoms with Crippen molar-refractivity contribution in [2.75, 3.05) is 13.1 Å². The number of imidazole rings is 1. The van der Waals surface area contributed by atoms with Crippen molar-refractivity contribution in [3.05, 3.63) is 18.2 Å². The molecule has 1 N–H and O–H groups in total. The fraction of sp³-hybridized carbons (Fsp3) is 0.636. The van der Waals surface area contributed by atoms with E-state index in [9.17, 15) is 9.90 Å². The Balaban J connectivity index is 2.19. The largest absolute Gasteiger partial charge is 0.480 e. The van der Waals surface area contributed by atoms with Gasteiger partial charge in [-0.1, -0.05) is 6.42 Å². The molecule has 0 saturated carbocycles. The van der Waals surface area contributed by atoms with E-state index in [0.29, 0.717) is 5.69 Å². The Morgan fingerprint density at radius 1 is 1.44 bits per heavy atom. The fourth-order valence-electron chi connectivity index (χ4n) is 2.22. The highest BCUT2D eigenvalue weighted by Gasteiger charge is 2.29. The van der Waals surface area contributed by atoms with Crippen molar-refractivity contribution in [2.24, 2.45) is 7.05 Å². The number of aryl methyl sites for hydroxylation is 1. The molecule has 1 fully saturated rings. The predicted octanol–water partition coefficient (Wildman–Crippen LogP) is 1.03. The molecule has 0 aromatic carbocycles. The molecule has 16 heavy (non-hydrogen) atoms. The first-order valence-electron chi connectivity index (χ1n) is 5.63. The molecule has 1 atom stereocenters. The van der Waals surface area contributed by atoms with Crippen LogP contribution in [0.25, 0.3) is 0 Å². The Kier molecular flexibility index (Phi) is 3.24. The van der Waals surface area contributed by atoms with Crippen LogP contribution in [0.4, 0.5) is 0 Å². The molecule has 0 bridgehead atoms. The lowest BCUT2D eigenvalue weighted by atomic mass is 10.1. The number of carboxylic acids is 1. The standard InChI is InChI=1S/C11H17N3O2/c1-13-7-9(12-8-13)10(11(15)16)14-5-3-2-4-6-14/h7-8,10H,2-6H2,1H3,(H,15,16). The van der Waals surface area contributed by atoms with Crippen molar-refractivity contribution in [1.29, 1.82) is 0 Å². The molecule has 0 aliphatic carbocycles. The lowest BCUT2D eigenvalue weighted by Gasteiger charge is -2.30. The van der Waals surface area contributed by atoms with Crippen molar-refractivity contribution in [3.63, 3.8) is 0 Å². The summed E-state index contributed by atoms with van der Waals surface area (Å²) in [5.74, 6) is -0.805. The summed E-state index contributed by atoms with van der Waals surface area (Å²) in [6, 6.07) is -0.582. The van der Waals surface area contributed by atoms with Crippen LogP contribution < -0.4 is 0 Å². The summed E-state index contributed by atoms with van der Waals surface area (Å²) >= 11 is 0. The van der Waals surface area contributed by atoms with E-state index in [1.807, 2.05) is 11.9 Å². The number of piperidine rings is 1. The predicted molar refractivity (Wildman–Crippen MR) is 59.0 cm³/mol. The van der Waals surface area contributed by atoms with Crippen LogP contribution in [0, 0.1) is 0 Å². The first-order valence-corrected chi connectivity index (χ1v) is 5.63. The van der Waals surface area contributed by atoms with Crippen LogP contribution in [-0.2, 0) is 11.8 Å². The van der Waals surface area contributed by atoms with Crippen LogP contribution in [-0.4, -0.2) is 38.6 Å². The molecule has 1 aromatic heterocycles. The number of rotatable bonds is 3. The number of aliphatic carboxylic acids is 1. The van der Waals surface area contributed by atoms with Gasteiger partial charge in [0, 0.05) is 13.2 Å². The molecule has 2 heterocycles.